The molecule has 1 fully saturated rings. The van der Waals surface area contributed by atoms with Gasteiger partial charge in [-0.1, -0.05) is 12.1 Å². The van der Waals surface area contributed by atoms with Gasteiger partial charge in [-0.2, -0.15) is 0 Å². The summed E-state index contributed by atoms with van der Waals surface area (Å²) >= 11 is 0. The van der Waals surface area contributed by atoms with Gasteiger partial charge in [0.1, 0.15) is 5.76 Å². The van der Waals surface area contributed by atoms with E-state index in [0.717, 1.165) is 36.5 Å². The number of carbonyl (C=O) groups is 1. The van der Waals surface area contributed by atoms with Gasteiger partial charge in [0.05, 0.1) is 17.3 Å². The van der Waals surface area contributed by atoms with E-state index in [9.17, 15) is 9.90 Å². The third-order valence-electron chi connectivity index (χ3n) is 4.73. The molecule has 0 aliphatic carbocycles. The maximum atomic E-state index is 12.8. The number of hydrogen-bond acceptors (Lipinski definition) is 5. The summed E-state index contributed by atoms with van der Waals surface area (Å²) in [4.78, 5) is 16.9. The van der Waals surface area contributed by atoms with Crippen LogP contribution in [-0.4, -0.2) is 63.9 Å². The van der Waals surface area contributed by atoms with Crippen molar-refractivity contribution < 1.29 is 14.4 Å². The summed E-state index contributed by atoms with van der Waals surface area (Å²) in [7, 11) is 0. The van der Waals surface area contributed by atoms with Crippen LogP contribution in [0, 0.1) is 13.8 Å². The molecule has 1 aromatic rings. The third-order valence-corrected chi connectivity index (χ3v) is 4.73. The van der Waals surface area contributed by atoms with Crippen molar-refractivity contribution in [2.24, 2.45) is 0 Å². The highest BCUT2D eigenvalue weighted by molar-refractivity contribution is 5.75. The molecule has 1 aromatic heterocycles. The van der Waals surface area contributed by atoms with E-state index in [0.29, 0.717) is 13.1 Å². The molecule has 2 atom stereocenters. The zero-order valence-corrected chi connectivity index (χ0v) is 16.3. The Hall–Kier alpha value is -1.60. The Labute approximate surface area is 150 Å². The number of hydrogen-bond donors (Lipinski definition) is 2. The number of aliphatic hydroxyl groups is 1. The Balaban J connectivity index is 1.99. The predicted octanol–water partition coefficient (Wildman–Crippen LogP) is 2.23. The average molecular weight is 352 g/mol. The molecular weight excluding hydrogens is 320 g/mol. The van der Waals surface area contributed by atoms with Crippen molar-refractivity contribution in [2.45, 2.75) is 65.6 Å². The van der Waals surface area contributed by atoms with Crippen LogP contribution in [-0.2, 0) is 0 Å². The standard InChI is InChI=1S/C18H32N4O3/c1-7-15(16-13(3)20-25-14(16)4)19-17(23)22-9-8-21(10-12(22)2)11-18(5,6)24/h12,15,24H,7-11H2,1-6H3,(H,19,23). The molecule has 2 amide bonds. The van der Waals surface area contributed by atoms with Crippen molar-refractivity contribution >= 4 is 6.03 Å². The Bertz CT molecular complexity index is 574. The molecule has 7 nitrogen and oxygen atoms in total. The number of rotatable bonds is 5. The number of amides is 2. The fourth-order valence-electron chi connectivity index (χ4n) is 3.62. The molecule has 2 heterocycles. The van der Waals surface area contributed by atoms with Crippen LogP contribution in [0.2, 0.25) is 0 Å². The zero-order chi connectivity index (χ0) is 18.8. The Morgan fingerprint density at radius 3 is 2.60 bits per heavy atom. The topological polar surface area (TPSA) is 81.8 Å². The predicted molar refractivity (Wildman–Crippen MR) is 96.4 cm³/mol. The minimum atomic E-state index is -0.721. The van der Waals surface area contributed by atoms with Gasteiger partial charge in [-0.3, -0.25) is 4.90 Å². The van der Waals surface area contributed by atoms with Gasteiger partial charge in [0.2, 0.25) is 0 Å². The molecule has 0 saturated carbocycles. The van der Waals surface area contributed by atoms with Gasteiger partial charge in [-0.25, -0.2) is 4.79 Å². The van der Waals surface area contributed by atoms with Crippen LogP contribution in [0.5, 0.6) is 0 Å². The molecular formula is C18H32N4O3. The van der Waals surface area contributed by atoms with Gasteiger partial charge in [0, 0.05) is 37.8 Å². The lowest BCUT2D eigenvalue weighted by molar-refractivity contribution is 0.0117. The first kappa shape index (κ1) is 19.7. The van der Waals surface area contributed by atoms with Crippen LogP contribution in [0.15, 0.2) is 4.52 Å². The van der Waals surface area contributed by atoms with E-state index >= 15 is 0 Å². The summed E-state index contributed by atoms with van der Waals surface area (Å²) in [5, 5.41) is 17.1. The lowest BCUT2D eigenvalue weighted by Crippen LogP contribution is -2.58. The molecule has 1 saturated heterocycles. The van der Waals surface area contributed by atoms with Crippen molar-refractivity contribution in [3.05, 3.63) is 17.0 Å². The quantitative estimate of drug-likeness (QED) is 0.849. The van der Waals surface area contributed by atoms with Crippen LogP contribution in [0.3, 0.4) is 0 Å². The number of aryl methyl sites for hydroxylation is 2. The number of β-amino-alcohol motifs (C(OH)–C–C–N with tert-alkyl or cyclic N) is 1. The summed E-state index contributed by atoms with van der Waals surface area (Å²) in [5.74, 6) is 0.757. The lowest BCUT2D eigenvalue weighted by Gasteiger charge is -2.42. The third kappa shape index (κ3) is 4.95. The lowest BCUT2D eigenvalue weighted by atomic mass is 10.0. The molecule has 142 valence electrons. The first-order valence-electron chi connectivity index (χ1n) is 9.07. The first-order valence-corrected chi connectivity index (χ1v) is 9.07. The van der Waals surface area contributed by atoms with Crippen LogP contribution >= 0.6 is 0 Å². The molecule has 1 aliphatic heterocycles. The summed E-state index contributed by atoms with van der Waals surface area (Å²) in [6, 6.07) is -0.0547. The number of piperazine rings is 1. The Kier molecular flexibility index (Phi) is 6.11. The van der Waals surface area contributed by atoms with Crippen molar-refractivity contribution in [1.82, 2.24) is 20.3 Å². The smallest absolute Gasteiger partial charge is 0.318 e. The fraction of sp³-hybridized carbons (Fsp3) is 0.778. The first-order chi connectivity index (χ1) is 11.6. The van der Waals surface area contributed by atoms with Crippen LogP contribution in [0.4, 0.5) is 4.79 Å². The molecule has 0 bridgehead atoms. The maximum absolute atomic E-state index is 12.8. The molecule has 2 N–H and O–H groups in total. The van der Waals surface area contributed by atoms with E-state index in [1.807, 2.05) is 46.4 Å². The Morgan fingerprint density at radius 2 is 2.12 bits per heavy atom. The number of carbonyl (C=O) groups excluding carboxylic acids is 1. The summed E-state index contributed by atoms with van der Waals surface area (Å²) in [6.45, 7) is 14.3. The normalized spacial score (nSPS) is 20.6. The maximum Gasteiger partial charge on any atom is 0.318 e. The van der Waals surface area contributed by atoms with Gasteiger partial charge in [-0.15, -0.1) is 0 Å². The number of aromatic nitrogens is 1. The minimum absolute atomic E-state index is 0.0535. The van der Waals surface area contributed by atoms with E-state index < -0.39 is 5.60 Å². The number of nitrogens with zero attached hydrogens (tertiary/aromatic N) is 3. The summed E-state index contributed by atoms with van der Waals surface area (Å²) in [5.41, 5.74) is 1.08. The highest BCUT2D eigenvalue weighted by atomic mass is 16.5. The molecule has 0 spiro atoms. The molecule has 25 heavy (non-hydrogen) atoms. The van der Waals surface area contributed by atoms with E-state index in [1.54, 1.807) is 0 Å². The highest BCUT2D eigenvalue weighted by Gasteiger charge is 2.31. The van der Waals surface area contributed by atoms with Gasteiger partial charge in [-0.05, 0) is 41.0 Å². The minimum Gasteiger partial charge on any atom is -0.389 e. The van der Waals surface area contributed by atoms with Gasteiger partial charge >= 0.3 is 6.03 Å². The number of nitrogens with one attached hydrogen (secondary N) is 1. The van der Waals surface area contributed by atoms with Gasteiger partial charge < -0.3 is 19.8 Å². The second kappa shape index (κ2) is 7.74. The second-order valence-corrected chi connectivity index (χ2v) is 7.74. The van der Waals surface area contributed by atoms with E-state index in [1.165, 1.54) is 0 Å². The second-order valence-electron chi connectivity index (χ2n) is 7.74. The number of urea groups is 1. The SMILES string of the molecule is CCC(NC(=O)N1CCN(CC(C)(C)O)CC1C)c1c(C)noc1C. The van der Waals surface area contributed by atoms with Crippen LogP contribution in [0.25, 0.3) is 0 Å². The summed E-state index contributed by atoms with van der Waals surface area (Å²) in [6.07, 6.45) is 0.779. The zero-order valence-electron chi connectivity index (χ0n) is 16.3. The Morgan fingerprint density at radius 1 is 1.44 bits per heavy atom. The van der Waals surface area contributed by atoms with Crippen molar-refractivity contribution in [2.75, 3.05) is 26.2 Å². The molecule has 0 aromatic carbocycles. The molecule has 2 rings (SSSR count). The fourth-order valence-corrected chi connectivity index (χ4v) is 3.62. The van der Waals surface area contributed by atoms with Crippen molar-refractivity contribution in [3.63, 3.8) is 0 Å². The molecule has 2 unspecified atom stereocenters. The van der Waals surface area contributed by atoms with E-state index in [2.05, 4.69) is 15.4 Å². The van der Waals surface area contributed by atoms with Crippen molar-refractivity contribution in [3.8, 4) is 0 Å². The largest absolute Gasteiger partial charge is 0.389 e. The van der Waals surface area contributed by atoms with Crippen LogP contribution < -0.4 is 5.32 Å². The monoisotopic (exact) mass is 352 g/mol. The average Bonchev–Trinajstić information content (AvgIpc) is 2.82. The van der Waals surface area contributed by atoms with E-state index in [4.69, 9.17) is 4.52 Å². The van der Waals surface area contributed by atoms with Crippen molar-refractivity contribution in [1.29, 1.82) is 0 Å². The van der Waals surface area contributed by atoms with E-state index in [-0.39, 0.29) is 18.1 Å². The molecule has 0 radical (unpaired) electrons. The molecule has 7 heteroatoms. The van der Waals surface area contributed by atoms with Crippen LogP contribution in [0.1, 0.15) is 57.2 Å². The van der Waals surface area contributed by atoms with Gasteiger partial charge in [0.15, 0.2) is 0 Å². The van der Waals surface area contributed by atoms with Gasteiger partial charge in [0.25, 0.3) is 0 Å². The summed E-state index contributed by atoms with van der Waals surface area (Å²) < 4.78 is 5.24. The molecule has 1 aliphatic rings. The highest BCUT2D eigenvalue weighted by Crippen LogP contribution is 2.24.